The average molecular weight is 881 g/mol. The number of benzene rings is 2. The second kappa shape index (κ2) is 16.0. The molecule has 17 heteroatoms. The summed E-state index contributed by atoms with van der Waals surface area (Å²) in [6, 6.07) is 10.7. The van der Waals surface area contributed by atoms with Crippen LogP contribution in [0.3, 0.4) is 0 Å². The van der Waals surface area contributed by atoms with Crippen LogP contribution >= 0.6 is 0 Å². The third-order valence-corrected chi connectivity index (χ3v) is 14.5. The van der Waals surface area contributed by atoms with Gasteiger partial charge in [0.1, 0.15) is 30.8 Å². The largest absolute Gasteiger partial charge is 0.489 e. The Bertz CT molecular complexity index is 2470. The molecule has 4 fully saturated rings. The van der Waals surface area contributed by atoms with Crippen LogP contribution in [0.25, 0.3) is 10.9 Å². The Hall–Kier alpha value is -5.20. The van der Waals surface area contributed by atoms with Gasteiger partial charge in [-0.2, -0.15) is 0 Å². The summed E-state index contributed by atoms with van der Waals surface area (Å²) in [4.78, 5) is 56.7. The molecule has 3 N–H and O–H groups in total. The number of rotatable bonds is 7. The van der Waals surface area contributed by atoms with Crippen LogP contribution in [0.15, 0.2) is 65.3 Å². The quantitative estimate of drug-likeness (QED) is 0.298. The number of hydrogen-bond donors (Lipinski definition) is 3. The number of aliphatic hydroxyl groups is 1. The van der Waals surface area contributed by atoms with E-state index in [9.17, 15) is 28.3 Å². The maximum atomic E-state index is 14.9. The highest BCUT2D eigenvalue weighted by Gasteiger charge is 2.50. The summed E-state index contributed by atoms with van der Waals surface area (Å²) < 4.78 is 49.0. The van der Waals surface area contributed by atoms with Crippen molar-refractivity contribution in [3.05, 3.63) is 82.7 Å². The van der Waals surface area contributed by atoms with E-state index < -0.39 is 42.9 Å². The number of likely N-dealkylation sites (tertiary alicyclic amines) is 1. The van der Waals surface area contributed by atoms with Gasteiger partial charge in [-0.1, -0.05) is 30.4 Å². The first-order chi connectivity index (χ1) is 30.9. The number of nitrogens with zero attached hydrogens (tertiary/aromatic N) is 6. The van der Waals surface area contributed by atoms with E-state index in [1.807, 2.05) is 49.5 Å². The SMILES string of the molecule is CC1Cc2c([nH]c3ccccc23)[C@@H](C2=C/N=C(N3CC4(C3)OCC(CN3CCN5c6cc7c(cc6OC[C@@H]5C3)C(=O)N(C3CCC(=O)NC3=O)C7)CO4)CC\C=C\2)N1CC(F)(F)CO. The van der Waals surface area contributed by atoms with E-state index in [0.29, 0.717) is 63.6 Å². The lowest BCUT2D eigenvalue weighted by atomic mass is 9.88. The number of para-hydroxylation sites is 1. The Kier molecular flexibility index (Phi) is 10.4. The number of alkyl halides is 2. The van der Waals surface area contributed by atoms with E-state index in [4.69, 9.17) is 19.2 Å². The Labute approximate surface area is 369 Å². The summed E-state index contributed by atoms with van der Waals surface area (Å²) in [5, 5.41) is 13.0. The van der Waals surface area contributed by atoms with E-state index in [1.165, 1.54) is 0 Å². The molecule has 2 unspecified atom stereocenters. The van der Waals surface area contributed by atoms with Crippen molar-refractivity contribution >= 4 is 40.1 Å². The fourth-order valence-corrected chi connectivity index (χ4v) is 11.2. The van der Waals surface area contributed by atoms with Crippen molar-refractivity contribution in [2.45, 2.75) is 81.4 Å². The number of fused-ring (bicyclic) bond motifs is 7. The molecule has 64 heavy (non-hydrogen) atoms. The molecule has 15 nitrogen and oxygen atoms in total. The molecule has 0 radical (unpaired) electrons. The molecule has 338 valence electrons. The average Bonchev–Trinajstić information content (AvgIpc) is 3.79. The van der Waals surface area contributed by atoms with Gasteiger partial charge >= 0.3 is 0 Å². The van der Waals surface area contributed by atoms with Crippen LogP contribution in [0.5, 0.6) is 5.75 Å². The maximum Gasteiger partial charge on any atom is 0.283 e. The molecule has 2 aromatic carbocycles. The lowest BCUT2D eigenvalue weighted by Crippen LogP contribution is -2.68. The van der Waals surface area contributed by atoms with Crippen molar-refractivity contribution in [2.24, 2.45) is 10.9 Å². The molecular formula is C47H54F2N8O7. The van der Waals surface area contributed by atoms with Crippen molar-refractivity contribution in [3.8, 4) is 5.75 Å². The molecule has 1 aromatic heterocycles. The minimum Gasteiger partial charge on any atom is -0.489 e. The molecule has 4 saturated heterocycles. The van der Waals surface area contributed by atoms with Crippen molar-refractivity contribution in [1.82, 2.24) is 29.9 Å². The minimum absolute atomic E-state index is 0.143. The number of H-pyrrole nitrogens is 1. The molecule has 3 amide bonds. The fourth-order valence-electron chi connectivity index (χ4n) is 11.2. The Morgan fingerprint density at radius 3 is 2.67 bits per heavy atom. The number of amidine groups is 1. The number of carbonyl (C=O) groups is 3. The molecule has 8 aliphatic heterocycles. The third-order valence-electron chi connectivity index (χ3n) is 14.5. The number of aliphatic hydroxyl groups excluding tert-OH is 1. The normalized spacial score (nSPS) is 28.8. The fraction of sp³-hybridized carbons (Fsp3) is 0.532. The minimum atomic E-state index is -3.26. The Balaban J connectivity index is 0.710. The second-order valence-electron chi connectivity index (χ2n) is 18.9. The van der Waals surface area contributed by atoms with Crippen LogP contribution in [0.1, 0.15) is 65.8 Å². The number of allylic oxidation sites excluding steroid dienone is 1. The molecule has 4 atom stereocenters. The van der Waals surface area contributed by atoms with E-state index >= 15 is 0 Å². The van der Waals surface area contributed by atoms with Crippen LogP contribution in [-0.4, -0.2) is 155 Å². The number of piperazine rings is 1. The number of aromatic nitrogens is 1. The van der Waals surface area contributed by atoms with E-state index in [-0.39, 0.29) is 36.2 Å². The molecule has 3 aromatic rings. The number of aliphatic imine (C=N–C) groups is 1. The third kappa shape index (κ3) is 7.38. The molecule has 1 spiro atoms. The van der Waals surface area contributed by atoms with Gasteiger partial charge in [-0.3, -0.25) is 29.5 Å². The zero-order chi connectivity index (χ0) is 43.9. The number of ether oxygens (including phenoxy) is 3. The number of amides is 3. The van der Waals surface area contributed by atoms with E-state index in [1.54, 1.807) is 9.80 Å². The summed E-state index contributed by atoms with van der Waals surface area (Å²) in [7, 11) is 0. The smallest absolute Gasteiger partial charge is 0.283 e. The number of piperidine rings is 1. The topological polar surface area (TPSA) is 156 Å². The van der Waals surface area contributed by atoms with Crippen molar-refractivity contribution < 1.29 is 42.5 Å². The number of carbonyl (C=O) groups excluding carboxylic acids is 3. The Morgan fingerprint density at radius 1 is 1.03 bits per heavy atom. The predicted octanol–water partition coefficient (Wildman–Crippen LogP) is 3.73. The van der Waals surface area contributed by atoms with Gasteiger partial charge in [0.05, 0.1) is 50.6 Å². The molecule has 9 heterocycles. The van der Waals surface area contributed by atoms with Crippen LogP contribution in [0, 0.1) is 5.92 Å². The van der Waals surface area contributed by atoms with Crippen LogP contribution in [0.4, 0.5) is 14.5 Å². The summed E-state index contributed by atoms with van der Waals surface area (Å²) >= 11 is 0. The number of aromatic amines is 1. The molecule has 0 aliphatic carbocycles. The monoisotopic (exact) mass is 880 g/mol. The summed E-state index contributed by atoms with van der Waals surface area (Å²) in [6.45, 7) is 6.63. The van der Waals surface area contributed by atoms with Gasteiger partial charge in [0.2, 0.25) is 17.6 Å². The van der Waals surface area contributed by atoms with E-state index in [0.717, 1.165) is 83.8 Å². The number of anilines is 1. The lowest BCUT2D eigenvalue weighted by Gasteiger charge is -2.53. The van der Waals surface area contributed by atoms with Crippen molar-refractivity contribution in [2.75, 3.05) is 77.1 Å². The highest BCUT2D eigenvalue weighted by atomic mass is 19.3. The Morgan fingerprint density at radius 2 is 1.86 bits per heavy atom. The van der Waals surface area contributed by atoms with E-state index in [2.05, 4.69) is 37.1 Å². The summed E-state index contributed by atoms with van der Waals surface area (Å²) in [6.07, 6.45) is 8.58. The molecule has 0 bridgehead atoms. The van der Waals surface area contributed by atoms with Gasteiger partial charge in [-0.25, -0.2) is 13.8 Å². The van der Waals surface area contributed by atoms with Gasteiger partial charge in [0.15, 0.2) is 0 Å². The first kappa shape index (κ1) is 41.5. The summed E-state index contributed by atoms with van der Waals surface area (Å²) in [5.41, 5.74) is 6.21. The summed E-state index contributed by atoms with van der Waals surface area (Å²) in [5.74, 6) is -3.07. The number of halogens is 2. The predicted molar refractivity (Wildman–Crippen MR) is 232 cm³/mol. The lowest BCUT2D eigenvalue weighted by molar-refractivity contribution is -0.324. The number of hydrogen-bond acceptors (Lipinski definition) is 12. The first-order valence-electron chi connectivity index (χ1n) is 22.7. The van der Waals surface area contributed by atoms with Crippen molar-refractivity contribution in [3.63, 3.8) is 0 Å². The molecule has 11 rings (SSSR count). The van der Waals surface area contributed by atoms with Crippen molar-refractivity contribution in [1.29, 1.82) is 0 Å². The van der Waals surface area contributed by atoms with Crippen LogP contribution in [-0.2, 0) is 32.0 Å². The highest BCUT2D eigenvalue weighted by Crippen LogP contribution is 2.44. The molecule has 8 aliphatic rings. The molecular weight excluding hydrogens is 827 g/mol. The standard InChI is InChI=1S/C47H54F2N8O7/c1-28-14-35-33-7-3-4-8-36(33)51-42(35)43(57(28)24-46(48,49)27-58)30-6-2-5-9-40(50-17-30)54-25-47(26-54)63-21-29(22-64-47)18-53-12-13-55-32(20-53)23-62-39-16-34-31(15-38(39)55)19-56(45(34)61)37-10-11-41(59)52-44(37)60/h2-4,6-8,15-17,28-29,32,37,43,51,58H,5,9-14,18-27H2,1H3,(H,52,59,60)/b6-2+,30-17+,50-40?/t28?,32-,37?,43+/m0/s1. The van der Waals surface area contributed by atoms with Gasteiger partial charge in [0, 0.05) is 85.9 Å². The van der Waals surface area contributed by atoms with Gasteiger partial charge < -0.3 is 39.0 Å². The van der Waals surface area contributed by atoms with Crippen LogP contribution < -0.4 is 15.0 Å². The van der Waals surface area contributed by atoms with Gasteiger partial charge in [-0.05, 0) is 61.1 Å². The molecule has 0 saturated carbocycles. The maximum absolute atomic E-state index is 14.9. The zero-order valence-electron chi connectivity index (χ0n) is 35.9. The van der Waals surface area contributed by atoms with Gasteiger partial charge in [-0.15, -0.1) is 0 Å². The van der Waals surface area contributed by atoms with Gasteiger partial charge in [0.25, 0.3) is 11.8 Å². The first-order valence-corrected chi connectivity index (χ1v) is 22.7. The number of imide groups is 1. The van der Waals surface area contributed by atoms with Crippen LogP contribution in [0.2, 0.25) is 0 Å². The zero-order valence-corrected chi connectivity index (χ0v) is 35.9. The number of nitrogens with one attached hydrogen (secondary N) is 2. The highest BCUT2D eigenvalue weighted by molar-refractivity contribution is 6.06. The second-order valence-corrected chi connectivity index (χ2v) is 18.9.